The molecule has 0 unspecified atom stereocenters. The molecule has 0 radical (unpaired) electrons. The molecule has 0 fully saturated rings. The van der Waals surface area contributed by atoms with E-state index in [2.05, 4.69) is 9.79 Å². The molecule has 74 valence electrons. The first kappa shape index (κ1) is 9.21. The highest BCUT2D eigenvalue weighted by Gasteiger charge is 2.25. The van der Waals surface area contributed by atoms with Crippen LogP contribution in [0.5, 0.6) is 0 Å². The summed E-state index contributed by atoms with van der Waals surface area (Å²) in [7, 11) is 0. The van der Waals surface area contributed by atoms with E-state index in [9.17, 15) is 5.21 Å². The monoisotopic (exact) mass is 202 g/mol. The van der Waals surface area contributed by atoms with Gasteiger partial charge in [-0.2, -0.15) is 5.26 Å². The van der Waals surface area contributed by atoms with E-state index in [1.165, 1.54) is 0 Å². The van der Waals surface area contributed by atoms with Crippen molar-refractivity contribution in [2.24, 2.45) is 0 Å². The lowest BCUT2D eigenvalue weighted by Gasteiger charge is -1.94. The zero-order chi connectivity index (χ0) is 10.8. The van der Waals surface area contributed by atoms with Crippen LogP contribution in [0, 0.1) is 18.3 Å². The van der Waals surface area contributed by atoms with Crippen LogP contribution in [0.25, 0.3) is 11.3 Å². The largest absolute Gasteiger partial charge is 0.355 e. The third-order valence-electron chi connectivity index (χ3n) is 2.06. The van der Waals surface area contributed by atoms with Crippen LogP contribution in [0.15, 0.2) is 28.9 Å². The lowest BCUT2D eigenvalue weighted by atomic mass is 10.1. The van der Waals surface area contributed by atoms with Gasteiger partial charge >= 0.3 is 5.69 Å². The summed E-state index contributed by atoms with van der Waals surface area (Å²) in [5.41, 5.74) is 2.10. The van der Waals surface area contributed by atoms with Gasteiger partial charge in [0.25, 0.3) is 5.69 Å². The maximum Gasteiger partial charge on any atom is 0.355 e. The van der Waals surface area contributed by atoms with Crippen LogP contribution in [0.1, 0.15) is 11.3 Å². The summed E-state index contributed by atoms with van der Waals surface area (Å²) in [4.78, 5) is 0.489. The molecule has 0 aliphatic rings. The fraction of sp³-hybridized carbons (Fsp3) is 0.100. The zero-order valence-electron chi connectivity index (χ0n) is 8.01. The Kier molecular flexibility index (Phi) is 2.10. The Hall–Kier alpha value is -2.35. The summed E-state index contributed by atoms with van der Waals surface area (Å²) in [6.45, 7) is 1.95. The van der Waals surface area contributed by atoms with Crippen molar-refractivity contribution in [2.45, 2.75) is 6.92 Å². The molecular formula is C10H8N3O2+. The maximum absolute atomic E-state index is 9.32. The Balaban J connectivity index is 2.59. The summed E-state index contributed by atoms with van der Waals surface area (Å²) < 4.78 is 4.47. The van der Waals surface area contributed by atoms with E-state index in [1.54, 1.807) is 12.1 Å². The molecule has 0 bridgehead atoms. The normalized spacial score (nSPS) is 9.87. The van der Waals surface area contributed by atoms with E-state index < -0.39 is 0 Å². The van der Waals surface area contributed by atoms with Gasteiger partial charge < -0.3 is 5.21 Å². The Labute approximate surface area is 85.7 Å². The minimum absolute atomic E-state index is 0.0568. The van der Waals surface area contributed by atoms with Crippen LogP contribution < -0.4 is 4.90 Å². The van der Waals surface area contributed by atoms with Gasteiger partial charge in [0.2, 0.25) is 0 Å². The molecule has 1 aromatic heterocycles. The highest BCUT2D eigenvalue weighted by molar-refractivity contribution is 5.61. The van der Waals surface area contributed by atoms with E-state index in [-0.39, 0.29) is 11.4 Å². The van der Waals surface area contributed by atoms with Crippen LogP contribution >= 0.6 is 0 Å². The highest BCUT2D eigenvalue weighted by atomic mass is 16.8. The van der Waals surface area contributed by atoms with Crippen molar-refractivity contribution < 1.29 is 14.7 Å². The van der Waals surface area contributed by atoms with Crippen molar-refractivity contribution in [3.8, 4) is 17.3 Å². The predicted molar refractivity (Wildman–Crippen MR) is 48.8 cm³/mol. The van der Waals surface area contributed by atoms with E-state index in [4.69, 9.17) is 5.26 Å². The molecule has 0 atom stereocenters. The van der Waals surface area contributed by atoms with Gasteiger partial charge in [0.05, 0.1) is 0 Å². The van der Waals surface area contributed by atoms with Crippen molar-refractivity contribution in [3.63, 3.8) is 0 Å². The number of hydrogen-bond acceptors (Lipinski definition) is 4. The van der Waals surface area contributed by atoms with Crippen LogP contribution in [0.2, 0.25) is 0 Å². The molecule has 0 amide bonds. The lowest BCUT2D eigenvalue weighted by Crippen LogP contribution is -2.29. The third kappa shape index (κ3) is 1.53. The summed E-state index contributed by atoms with van der Waals surface area (Å²) in [5, 5.41) is 21.5. The highest BCUT2D eigenvalue weighted by Crippen LogP contribution is 2.18. The van der Waals surface area contributed by atoms with Gasteiger partial charge in [-0.1, -0.05) is 17.7 Å². The van der Waals surface area contributed by atoms with Crippen molar-refractivity contribution in [1.29, 1.82) is 5.26 Å². The Morgan fingerprint density at radius 3 is 2.67 bits per heavy atom. The molecule has 0 saturated carbocycles. The summed E-state index contributed by atoms with van der Waals surface area (Å²) in [6.07, 6.45) is 0. The molecule has 1 heterocycles. The second kappa shape index (κ2) is 3.42. The number of rotatable bonds is 1. The van der Waals surface area contributed by atoms with Crippen molar-refractivity contribution in [1.82, 2.24) is 5.16 Å². The molecule has 0 aliphatic carbocycles. The van der Waals surface area contributed by atoms with Crippen molar-refractivity contribution >= 4 is 0 Å². The number of benzene rings is 1. The first-order valence-electron chi connectivity index (χ1n) is 4.31. The minimum atomic E-state index is 0.0568. The van der Waals surface area contributed by atoms with Gasteiger partial charge in [-0.25, -0.2) is 0 Å². The van der Waals surface area contributed by atoms with Crippen LogP contribution in [0.4, 0.5) is 0 Å². The second-order valence-electron chi connectivity index (χ2n) is 3.12. The topological polar surface area (TPSA) is 73.9 Å². The van der Waals surface area contributed by atoms with Crippen LogP contribution in [-0.2, 0) is 0 Å². The van der Waals surface area contributed by atoms with E-state index in [0.717, 1.165) is 5.56 Å². The first-order valence-corrected chi connectivity index (χ1v) is 4.31. The molecule has 2 aromatic rings. The number of aryl methyl sites for hydroxylation is 1. The van der Waals surface area contributed by atoms with Crippen LogP contribution in [0.3, 0.4) is 0 Å². The lowest BCUT2D eigenvalue weighted by molar-refractivity contribution is -1.03. The van der Waals surface area contributed by atoms with Crippen molar-refractivity contribution in [3.05, 3.63) is 35.5 Å². The van der Waals surface area contributed by atoms with Gasteiger partial charge in [-0.15, -0.1) is 0 Å². The SMILES string of the molecule is Cc1ccc(-c2c(C#N)no[n+]2O)cc1. The van der Waals surface area contributed by atoms with Crippen molar-refractivity contribution in [2.75, 3.05) is 0 Å². The van der Waals surface area contributed by atoms with Gasteiger partial charge in [0.15, 0.2) is 11.2 Å². The van der Waals surface area contributed by atoms with Gasteiger partial charge in [0, 0.05) is 5.56 Å². The first-order chi connectivity index (χ1) is 7.22. The molecule has 5 heteroatoms. The summed E-state index contributed by atoms with van der Waals surface area (Å²) >= 11 is 0. The molecular weight excluding hydrogens is 194 g/mol. The second-order valence-corrected chi connectivity index (χ2v) is 3.12. The molecule has 0 spiro atoms. The third-order valence-corrected chi connectivity index (χ3v) is 2.06. The Morgan fingerprint density at radius 1 is 1.40 bits per heavy atom. The Bertz CT molecular complexity index is 523. The molecule has 0 aliphatic heterocycles. The number of nitrogens with zero attached hydrogens (tertiary/aromatic N) is 3. The average Bonchev–Trinajstić information content (AvgIpc) is 2.61. The van der Waals surface area contributed by atoms with E-state index in [1.807, 2.05) is 25.1 Å². The van der Waals surface area contributed by atoms with Gasteiger partial charge in [-0.3, -0.25) is 0 Å². The number of nitriles is 1. The summed E-state index contributed by atoms with van der Waals surface area (Å²) in [6, 6.07) is 9.17. The van der Waals surface area contributed by atoms with E-state index in [0.29, 0.717) is 10.5 Å². The minimum Gasteiger partial charge on any atom is -0.316 e. The molecule has 1 aromatic carbocycles. The zero-order valence-corrected chi connectivity index (χ0v) is 8.01. The molecule has 5 nitrogen and oxygen atoms in total. The van der Waals surface area contributed by atoms with Gasteiger partial charge in [0.1, 0.15) is 4.90 Å². The molecule has 0 saturated heterocycles. The molecule has 2 rings (SSSR count). The van der Waals surface area contributed by atoms with Gasteiger partial charge in [-0.05, 0) is 23.7 Å². The Morgan fingerprint density at radius 2 is 2.07 bits per heavy atom. The molecule has 15 heavy (non-hydrogen) atoms. The predicted octanol–water partition coefficient (Wildman–Crippen LogP) is 1.05. The standard InChI is InChI=1S/C10H8N3O2/c1-7-2-4-8(5-3-7)10-9(6-11)12-15-13(10)14/h2-5,14H,1H3/q+1. The summed E-state index contributed by atoms with van der Waals surface area (Å²) in [5.74, 6) is 0. The number of hydrogen-bond donors (Lipinski definition) is 1. The fourth-order valence-corrected chi connectivity index (χ4v) is 1.29. The molecule has 1 N–H and O–H groups in total. The number of aromatic nitrogens is 2. The fourth-order valence-electron chi connectivity index (χ4n) is 1.29. The average molecular weight is 202 g/mol. The van der Waals surface area contributed by atoms with E-state index >= 15 is 0 Å². The maximum atomic E-state index is 9.32. The smallest absolute Gasteiger partial charge is 0.316 e. The van der Waals surface area contributed by atoms with Crippen LogP contribution in [-0.4, -0.2) is 10.4 Å². The quantitative estimate of drug-likeness (QED) is 0.701.